The summed E-state index contributed by atoms with van der Waals surface area (Å²) < 4.78 is 5.71. The molecule has 0 heterocycles. The summed E-state index contributed by atoms with van der Waals surface area (Å²) in [5.74, 6) is 0.828. The van der Waals surface area contributed by atoms with Gasteiger partial charge in [0.1, 0.15) is 5.75 Å². The lowest BCUT2D eigenvalue weighted by Gasteiger charge is -2.12. The third-order valence-corrected chi connectivity index (χ3v) is 2.89. The monoisotopic (exact) mass is 240 g/mol. The van der Waals surface area contributed by atoms with Crippen LogP contribution in [0.25, 0.3) is 10.8 Å². The molecule has 2 rings (SSSR count). The second-order valence-corrected chi connectivity index (χ2v) is 4.08. The number of hydrogen-bond acceptors (Lipinski definition) is 3. The molecule has 0 saturated carbocycles. The molecule has 18 heavy (non-hydrogen) atoms. The Balaban J connectivity index is 2.25. The van der Waals surface area contributed by atoms with E-state index < -0.39 is 0 Å². The molecule has 2 N–H and O–H groups in total. The predicted octanol–water partition coefficient (Wildman–Crippen LogP) is 2.98. The number of benzene rings is 2. The van der Waals surface area contributed by atoms with Gasteiger partial charge in [0.25, 0.3) is 0 Å². The predicted molar refractivity (Wildman–Crippen MR) is 72.2 cm³/mol. The fourth-order valence-electron chi connectivity index (χ4n) is 2.00. The molecule has 0 aromatic heterocycles. The first-order valence-electron chi connectivity index (χ1n) is 6.07. The van der Waals surface area contributed by atoms with Crippen molar-refractivity contribution in [3.05, 3.63) is 42.0 Å². The highest BCUT2D eigenvalue weighted by atomic mass is 16.5. The van der Waals surface area contributed by atoms with E-state index in [4.69, 9.17) is 15.7 Å². The van der Waals surface area contributed by atoms with Crippen molar-refractivity contribution in [2.75, 3.05) is 6.61 Å². The van der Waals surface area contributed by atoms with E-state index >= 15 is 0 Å². The lowest BCUT2D eigenvalue weighted by Crippen LogP contribution is -2.04. The van der Waals surface area contributed by atoms with Crippen molar-refractivity contribution in [1.29, 1.82) is 5.26 Å². The van der Waals surface area contributed by atoms with Crippen molar-refractivity contribution in [2.24, 2.45) is 5.73 Å². The van der Waals surface area contributed by atoms with E-state index in [0.717, 1.165) is 23.1 Å². The van der Waals surface area contributed by atoms with Crippen LogP contribution in [-0.2, 0) is 6.54 Å². The van der Waals surface area contributed by atoms with Gasteiger partial charge in [0.05, 0.1) is 12.7 Å². The van der Waals surface area contributed by atoms with Gasteiger partial charge in [-0.25, -0.2) is 0 Å². The first-order chi connectivity index (χ1) is 8.86. The van der Waals surface area contributed by atoms with Crippen molar-refractivity contribution in [1.82, 2.24) is 0 Å². The number of unbranched alkanes of at least 4 members (excludes halogenated alkanes) is 1. The Morgan fingerprint density at radius 2 is 2.00 bits per heavy atom. The Bertz CT molecular complexity index is 572. The van der Waals surface area contributed by atoms with Crippen LogP contribution in [0, 0.1) is 11.3 Å². The molecule has 0 aliphatic heterocycles. The normalized spacial score (nSPS) is 10.2. The molecule has 0 spiro atoms. The Morgan fingerprint density at radius 3 is 2.78 bits per heavy atom. The van der Waals surface area contributed by atoms with Crippen LogP contribution in [0.2, 0.25) is 0 Å². The molecular weight excluding hydrogens is 224 g/mol. The van der Waals surface area contributed by atoms with Crippen LogP contribution in [0.5, 0.6) is 5.75 Å². The summed E-state index contributed by atoms with van der Waals surface area (Å²) in [5, 5.41) is 10.8. The number of hydrogen-bond donors (Lipinski definition) is 1. The van der Waals surface area contributed by atoms with E-state index in [9.17, 15) is 0 Å². The highest BCUT2D eigenvalue weighted by molar-refractivity contribution is 5.87. The maximum absolute atomic E-state index is 8.48. The first-order valence-corrected chi connectivity index (χ1v) is 6.07. The molecule has 0 saturated heterocycles. The van der Waals surface area contributed by atoms with Gasteiger partial charge in [-0.15, -0.1) is 0 Å². The van der Waals surface area contributed by atoms with E-state index in [2.05, 4.69) is 18.2 Å². The van der Waals surface area contributed by atoms with Crippen LogP contribution in [0.4, 0.5) is 0 Å². The maximum atomic E-state index is 8.48. The van der Waals surface area contributed by atoms with Crippen LogP contribution >= 0.6 is 0 Å². The molecular formula is C15H16N2O. The van der Waals surface area contributed by atoms with E-state index in [1.165, 1.54) is 5.39 Å². The van der Waals surface area contributed by atoms with Gasteiger partial charge in [-0.3, -0.25) is 0 Å². The fraction of sp³-hybridized carbons (Fsp3) is 0.267. The van der Waals surface area contributed by atoms with Crippen LogP contribution in [0.15, 0.2) is 36.4 Å². The van der Waals surface area contributed by atoms with Gasteiger partial charge in [-0.05, 0) is 23.3 Å². The summed E-state index contributed by atoms with van der Waals surface area (Å²) in [6.45, 7) is 1.01. The average Bonchev–Trinajstić information content (AvgIpc) is 2.43. The SMILES string of the molecule is N#CCCCOc1ccc2ccccc2c1CN. The van der Waals surface area contributed by atoms with Crippen molar-refractivity contribution in [2.45, 2.75) is 19.4 Å². The smallest absolute Gasteiger partial charge is 0.124 e. The van der Waals surface area contributed by atoms with Gasteiger partial charge >= 0.3 is 0 Å². The van der Waals surface area contributed by atoms with Gasteiger partial charge in [-0.2, -0.15) is 5.26 Å². The molecule has 0 amide bonds. The summed E-state index contributed by atoms with van der Waals surface area (Å²) in [6.07, 6.45) is 1.26. The standard InChI is InChI=1S/C15H16N2O/c16-9-3-4-10-18-15-8-7-12-5-1-2-6-13(12)14(15)11-17/h1-2,5-8H,3-4,10-11,17H2. The number of nitrogens with zero attached hydrogens (tertiary/aromatic N) is 1. The van der Waals surface area contributed by atoms with Crippen LogP contribution in [-0.4, -0.2) is 6.61 Å². The number of ether oxygens (including phenoxy) is 1. The molecule has 0 bridgehead atoms. The molecule has 2 aromatic carbocycles. The highest BCUT2D eigenvalue weighted by Crippen LogP contribution is 2.27. The van der Waals surface area contributed by atoms with E-state index in [0.29, 0.717) is 19.6 Å². The van der Waals surface area contributed by atoms with Gasteiger partial charge < -0.3 is 10.5 Å². The lowest BCUT2D eigenvalue weighted by molar-refractivity contribution is 0.310. The second-order valence-electron chi connectivity index (χ2n) is 4.08. The van der Waals surface area contributed by atoms with Crippen LogP contribution in [0.3, 0.4) is 0 Å². The van der Waals surface area contributed by atoms with Crippen molar-refractivity contribution in [3.63, 3.8) is 0 Å². The maximum Gasteiger partial charge on any atom is 0.124 e. The largest absolute Gasteiger partial charge is 0.493 e. The third-order valence-electron chi connectivity index (χ3n) is 2.89. The van der Waals surface area contributed by atoms with Gasteiger partial charge in [0.15, 0.2) is 0 Å². The quantitative estimate of drug-likeness (QED) is 0.817. The minimum absolute atomic E-state index is 0.453. The van der Waals surface area contributed by atoms with E-state index in [-0.39, 0.29) is 0 Å². The second kappa shape index (κ2) is 6.04. The van der Waals surface area contributed by atoms with Gasteiger partial charge in [0.2, 0.25) is 0 Å². The van der Waals surface area contributed by atoms with Crippen LogP contribution in [0.1, 0.15) is 18.4 Å². The Hall–Kier alpha value is -2.05. The van der Waals surface area contributed by atoms with Crippen molar-refractivity contribution < 1.29 is 4.74 Å². The average molecular weight is 240 g/mol. The van der Waals surface area contributed by atoms with Gasteiger partial charge in [-0.1, -0.05) is 30.3 Å². The zero-order valence-corrected chi connectivity index (χ0v) is 10.2. The Morgan fingerprint density at radius 1 is 1.17 bits per heavy atom. The number of fused-ring (bicyclic) bond motifs is 1. The minimum Gasteiger partial charge on any atom is -0.493 e. The Kier molecular flexibility index (Phi) is 4.16. The first kappa shape index (κ1) is 12.4. The fourth-order valence-corrected chi connectivity index (χ4v) is 2.00. The molecule has 3 nitrogen and oxygen atoms in total. The molecule has 3 heteroatoms. The molecule has 0 radical (unpaired) electrons. The van der Waals surface area contributed by atoms with Crippen molar-refractivity contribution in [3.8, 4) is 11.8 Å². The number of nitriles is 1. The van der Waals surface area contributed by atoms with Crippen LogP contribution < -0.4 is 10.5 Å². The highest BCUT2D eigenvalue weighted by Gasteiger charge is 2.06. The summed E-state index contributed by atoms with van der Waals surface area (Å²) in [4.78, 5) is 0. The summed E-state index contributed by atoms with van der Waals surface area (Å²) >= 11 is 0. The van der Waals surface area contributed by atoms with E-state index in [1.807, 2.05) is 24.3 Å². The summed E-state index contributed by atoms with van der Waals surface area (Å²) in [6, 6.07) is 14.2. The molecule has 0 fully saturated rings. The van der Waals surface area contributed by atoms with Crippen molar-refractivity contribution >= 4 is 10.8 Å². The molecule has 2 aromatic rings. The minimum atomic E-state index is 0.453. The lowest BCUT2D eigenvalue weighted by atomic mass is 10.0. The molecule has 0 atom stereocenters. The number of rotatable bonds is 5. The Labute approximate surface area is 107 Å². The molecule has 92 valence electrons. The molecule has 0 unspecified atom stereocenters. The summed E-state index contributed by atoms with van der Waals surface area (Å²) in [7, 11) is 0. The zero-order valence-electron chi connectivity index (χ0n) is 10.2. The van der Waals surface area contributed by atoms with Gasteiger partial charge in [0, 0.05) is 18.5 Å². The van der Waals surface area contributed by atoms with E-state index in [1.54, 1.807) is 0 Å². The third kappa shape index (κ3) is 2.61. The topological polar surface area (TPSA) is 59.0 Å². The molecule has 0 aliphatic rings. The zero-order chi connectivity index (χ0) is 12.8. The number of nitrogens with two attached hydrogens (primary N) is 1. The molecule has 0 aliphatic carbocycles. The summed E-state index contributed by atoms with van der Waals surface area (Å²) in [5.41, 5.74) is 6.85.